The second kappa shape index (κ2) is 4.84. The molecule has 72 valence electrons. The zero-order chi connectivity index (χ0) is 10.0. The number of halogens is 5. The highest BCUT2D eigenvalue weighted by molar-refractivity contribution is 14.1. The predicted molar refractivity (Wildman–Crippen MR) is 59.2 cm³/mol. The van der Waals surface area contributed by atoms with Crippen molar-refractivity contribution in [3.63, 3.8) is 0 Å². The first-order valence-electron chi connectivity index (χ1n) is 3.25. The van der Waals surface area contributed by atoms with Crippen LogP contribution >= 0.6 is 50.1 Å². The number of aromatic nitrogens is 1. The lowest BCUT2D eigenvalue weighted by Crippen LogP contribution is -1.96. The Morgan fingerprint density at radius 1 is 1.62 bits per heavy atom. The van der Waals surface area contributed by atoms with Gasteiger partial charge in [-0.05, 0) is 44.6 Å². The van der Waals surface area contributed by atoms with Gasteiger partial charge in [-0.2, -0.15) is 0 Å². The lowest BCUT2D eigenvalue weighted by atomic mass is 10.2. The van der Waals surface area contributed by atoms with Gasteiger partial charge in [0, 0.05) is 5.56 Å². The first-order valence-corrected chi connectivity index (χ1v) is 5.65. The fourth-order valence-electron chi connectivity index (χ4n) is 0.797. The molecule has 1 aromatic heterocycles. The average Bonchev–Trinajstić information content (AvgIpc) is 2.09. The van der Waals surface area contributed by atoms with E-state index < -0.39 is 6.43 Å². The van der Waals surface area contributed by atoms with Gasteiger partial charge in [0.2, 0.25) is 0 Å². The van der Waals surface area contributed by atoms with E-state index in [0.29, 0.717) is 13.9 Å². The third kappa shape index (κ3) is 2.73. The molecule has 0 atom stereocenters. The van der Waals surface area contributed by atoms with E-state index in [2.05, 4.69) is 20.9 Å². The maximum absolute atomic E-state index is 12.4. The van der Waals surface area contributed by atoms with Gasteiger partial charge < -0.3 is 0 Å². The van der Waals surface area contributed by atoms with Crippen LogP contribution in [0.2, 0.25) is 0 Å². The van der Waals surface area contributed by atoms with E-state index >= 15 is 0 Å². The second-order valence-corrected chi connectivity index (χ2v) is 4.32. The highest BCUT2D eigenvalue weighted by Gasteiger charge is 2.15. The van der Waals surface area contributed by atoms with Crippen molar-refractivity contribution < 1.29 is 8.78 Å². The molecular weight excluding hydrogens is 378 g/mol. The molecule has 0 aromatic carbocycles. The Labute approximate surface area is 101 Å². The zero-order valence-electron chi connectivity index (χ0n) is 6.20. The molecule has 1 aromatic rings. The molecule has 0 aliphatic carbocycles. The Kier molecular flexibility index (Phi) is 4.31. The van der Waals surface area contributed by atoms with Crippen molar-refractivity contribution in [3.05, 3.63) is 25.5 Å². The normalized spacial score (nSPS) is 10.9. The van der Waals surface area contributed by atoms with Crippen LogP contribution in [0, 0.1) is 3.70 Å². The summed E-state index contributed by atoms with van der Waals surface area (Å²) in [6, 6.07) is 1.31. The van der Waals surface area contributed by atoms with Crippen molar-refractivity contribution in [1.29, 1.82) is 0 Å². The molecule has 0 amide bonds. The van der Waals surface area contributed by atoms with Crippen LogP contribution in [0.15, 0.2) is 10.5 Å². The number of pyridine rings is 1. The van der Waals surface area contributed by atoms with Crippen LogP contribution in [0.1, 0.15) is 17.7 Å². The molecule has 0 N–H and O–H groups in total. The van der Waals surface area contributed by atoms with Gasteiger partial charge in [0.15, 0.2) is 0 Å². The second-order valence-electron chi connectivity index (χ2n) is 2.24. The van der Waals surface area contributed by atoms with Gasteiger partial charge in [-0.15, -0.1) is 11.6 Å². The van der Waals surface area contributed by atoms with Crippen LogP contribution in [-0.2, 0) is 5.88 Å². The topological polar surface area (TPSA) is 12.9 Å². The molecule has 0 aliphatic heterocycles. The third-order valence-electron chi connectivity index (χ3n) is 1.37. The molecule has 0 radical (unpaired) electrons. The van der Waals surface area contributed by atoms with Gasteiger partial charge in [-0.1, -0.05) is 0 Å². The number of hydrogen-bond donors (Lipinski definition) is 0. The molecule has 1 rings (SSSR count). The van der Waals surface area contributed by atoms with Gasteiger partial charge in [-0.3, -0.25) is 0 Å². The van der Waals surface area contributed by atoms with Crippen molar-refractivity contribution in [2.75, 3.05) is 0 Å². The largest absolute Gasteiger partial charge is 0.265 e. The Bertz CT molecular complexity index is 322. The quantitative estimate of drug-likeness (QED) is 0.426. The monoisotopic (exact) mass is 381 g/mol. The molecule has 0 aliphatic rings. The fourth-order valence-corrected chi connectivity index (χ4v) is 1.93. The first kappa shape index (κ1) is 11.6. The summed E-state index contributed by atoms with van der Waals surface area (Å²) < 4.78 is 25.7. The van der Waals surface area contributed by atoms with Gasteiger partial charge >= 0.3 is 0 Å². The lowest BCUT2D eigenvalue weighted by molar-refractivity contribution is 0.150. The molecule has 0 saturated carbocycles. The van der Waals surface area contributed by atoms with E-state index in [1.165, 1.54) is 6.07 Å². The van der Waals surface area contributed by atoms with E-state index in [1.54, 1.807) is 0 Å². The third-order valence-corrected chi connectivity index (χ3v) is 4.00. The highest BCUT2D eigenvalue weighted by atomic mass is 127. The fraction of sp³-hybridized carbons (Fsp3) is 0.286. The number of alkyl halides is 3. The highest BCUT2D eigenvalue weighted by Crippen LogP contribution is 2.30. The average molecular weight is 382 g/mol. The van der Waals surface area contributed by atoms with Crippen LogP contribution in [0.4, 0.5) is 8.78 Å². The maximum atomic E-state index is 12.4. The van der Waals surface area contributed by atoms with Crippen molar-refractivity contribution >= 4 is 50.1 Å². The van der Waals surface area contributed by atoms with Gasteiger partial charge in [-0.25, -0.2) is 13.8 Å². The Hall–Kier alpha value is 0.510. The zero-order valence-corrected chi connectivity index (χ0v) is 10.7. The predicted octanol–water partition coefficient (Wildman–Crippen LogP) is 4.13. The number of rotatable bonds is 2. The van der Waals surface area contributed by atoms with Crippen molar-refractivity contribution in [1.82, 2.24) is 4.98 Å². The first-order chi connectivity index (χ1) is 6.06. The number of hydrogen-bond acceptors (Lipinski definition) is 1. The molecule has 0 saturated heterocycles. The molecular formula is C7H4BrClF2IN. The van der Waals surface area contributed by atoms with E-state index in [1.807, 2.05) is 22.6 Å². The van der Waals surface area contributed by atoms with Crippen molar-refractivity contribution in [2.24, 2.45) is 0 Å². The Morgan fingerprint density at radius 2 is 2.23 bits per heavy atom. The van der Waals surface area contributed by atoms with Crippen LogP contribution < -0.4 is 0 Å². The standard InChI is InChI=1S/C7H4BrClF2IN/c8-5-4(6(10)11)1-3(2-9)13-7(5)12/h1,6H,2H2. The van der Waals surface area contributed by atoms with E-state index in [4.69, 9.17) is 11.6 Å². The van der Waals surface area contributed by atoms with Crippen LogP contribution in [0.3, 0.4) is 0 Å². The van der Waals surface area contributed by atoms with E-state index in [9.17, 15) is 8.78 Å². The Balaban J connectivity index is 3.25. The van der Waals surface area contributed by atoms with Crippen LogP contribution in [0.25, 0.3) is 0 Å². The lowest BCUT2D eigenvalue weighted by Gasteiger charge is -2.06. The molecule has 13 heavy (non-hydrogen) atoms. The summed E-state index contributed by atoms with van der Waals surface area (Å²) in [6.07, 6.45) is -2.51. The summed E-state index contributed by atoms with van der Waals surface area (Å²) in [5.41, 5.74) is 0.402. The van der Waals surface area contributed by atoms with Gasteiger partial charge in [0.05, 0.1) is 16.0 Å². The van der Waals surface area contributed by atoms with E-state index in [0.717, 1.165) is 0 Å². The minimum absolute atomic E-state index is 0.0601. The molecule has 0 unspecified atom stereocenters. The molecule has 1 nitrogen and oxygen atoms in total. The summed E-state index contributed by atoms with van der Waals surface area (Å²) in [4.78, 5) is 4.01. The van der Waals surface area contributed by atoms with Gasteiger partial charge in [0.1, 0.15) is 3.70 Å². The Morgan fingerprint density at radius 3 is 2.69 bits per heavy atom. The number of nitrogens with zero attached hydrogens (tertiary/aromatic N) is 1. The summed E-state index contributed by atoms with van der Waals surface area (Å²) >= 11 is 10.4. The SMILES string of the molecule is FC(F)c1cc(CCl)nc(I)c1Br. The van der Waals surface area contributed by atoms with E-state index in [-0.39, 0.29) is 11.4 Å². The minimum Gasteiger partial charge on any atom is -0.244 e. The molecule has 0 fully saturated rings. The summed E-state index contributed by atoms with van der Waals surface area (Å²) in [6.45, 7) is 0. The van der Waals surface area contributed by atoms with Crippen molar-refractivity contribution in [3.8, 4) is 0 Å². The van der Waals surface area contributed by atoms with Crippen LogP contribution in [0.5, 0.6) is 0 Å². The summed E-state index contributed by atoms with van der Waals surface area (Å²) in [7, 11) is 0. The molecule has 0 bridgehead atoms. The maximum Gasteiger partial charge on any atom is 0.265 e. The van der Waals surface area contributed by atoms with Crippen molar-refractivity contribution in [2.45, 2.75) is 12.3 Å². The summed E-state index contributed by atoms with van der Waals surface area (Å²) in [5.74, 6) is 0.142. The molecule has 6 heteroatoms. The molecule has 0 spiro atoms. The van der Waals surface area contributed by atoms with Crippen LogP contribution in [-0.4, -0.2) is 4.98 Å². The smallest absolute Gasteiger partial charge is 0.244 e. The minimum atomic E-state index is -2.51. The van der Waals surface area contributed by atoms with Gasteiger partial charge in [0.25, 0.3) is 6.43 Å². The molecule has 1 heterocycles. The summed E-state index contributed by atoms with van der Waals surface area (Å²) in [5, 5.41) is 0.